The van der Waals surface area contributed by atoms with Crippen molar-refractivity contribution in [1.29, 1.82) is 0 Å². The minimum atomic E-state index is -0.0349. The highest BCUT2D eigenvalue weighted by atomic mass is 16.5. The van der Waals surface area contributed by atoms with Crippen LogP contribution in [0.2, 0.25) is 0 Å². The van der Waals surface area contributed by atoms with Crippen LogP contribution in [0.15, 0.2) is 0 Å². The lowest BCUT2D eigenvalue weighted by atomic mass is 10.1. The summed E-state index contributed by atoms with van der Waals surface area (Å²) in [7, 11) is 0. The van der Waals surface area contributed by atoms with E-state index in [2.05, 4.69) is 25.7 Å². The van der Waals surface area contributed by atoms with Crippen molar-refractivity contribution in [2.45, 2.75) is 52.6 Å². The first-order chi connectivity index (χ1) is 7.13. The molecule has 1 rings (SSSR count). The molecule has 0 radical (unpaired) electrons. The molecule has 1 fully saturated rings. The molecule has 0 spiro atoms. The summed E-state index contributed by atoms with van der Waals surface area (Å²) in [5.41, 5.74) is 0. The van der Waals surface area contributed by atoms with Gasteiger partial charge >= 0.3 is 5.97 Å². The molecule has 0 aromatic heterocycles. The maximum absolute atomic E-state index is 11.6. The van der Waals surface area contributed by atoms with Crippen molar-refractivity contribution < 1.29 is 9.53 Å². The Morgan fingerprint density at radius 1 is 1.40 bits per heavy atom. The van der Waals surface area contributed by atoms with Gasteiger partial charge in [-0.2, -0.15) is 0 Å². The van der Waals surface area contributed by atoms with E-state index >= 15 is 0 Å². The summed E-state index contributed by atoms with van der Waals surface area (Å²) >= 11 is 0. The second-order valence-corrected chi connectivity index (χ2v) is 4.52. The Balaban J connectivity index is 2.45. The van der Waals surface area contributed by atoms with Crippen LogP contribution in [0, 0.1) is 5.92 Å². The first-order valence-electron chi connectivity index (χ1n) is 6.05. The Morgan fingerprint density at radius 3 is 2.53 bits per heavy atom. The molecule has 0 bridgehead atoms. The highest BCUT2D eigenvalue weighted by Gasteiger charge is 2.54. The molecule has 0 saturated carbocycles. The fourth-order valence-electron chi connectivity index (χ4n) is 2.18. The van der Waals surface area contributed by atoms with Crippen LogP contribution in [-0.4, -0.2) is 36.1 Å². The molecule has 0 aromatic rings. The van der Waals surface area contributed by atoms with Crippen LogP contribution in [0.4, 0.5) is 0 Å². The maximum Gasteiger partial charge on any atom is 0.325 e. The summed E-state index contributed by atoms with van der Waals surface area (Å²) in [6.45, 7) is 9.89. The predicted octanol–water partition coefficient (Wildman–Crippen LogP) is 2.06. The van der Waals surface area contributed by atoms with Gasteiger partial charge in [-0.05, 0) is 25.8 Å². The second kappa shape index (κ2) is 5.50. The molecule has 1 heterocycles. The third-order valence-corrected chi connectivity index (χ3v) is 2.96. The second-order valence-electron chi connectivity index (χ2n) is 4.52. The average molecular weight is 213 g/mol. The van der Waals surface area contributed by atoms with Gasteiger partial charge < -0.3 is 4.74 Å². The molecular weight excluding hydrogens is 190 g/mol. The van der Waals surface area contributed by atoms with E-state index in [1.54, 1.807) is 0 Å². The highest BCUT2D eigenvalue weighted by Crippen LogP contribution is 2.35. The zero-order valence-corrected chi connectivity index (χ0v) is 10.3. The Kier molecular flexibility index (Phi) is 4.58. The van der Waals surface area contributed by atoms with Crippen LogP contribution in [0.5, 0.6) is 0 Å². The van der Waals surface area contributed by atoms with E-state index < -0.39 is 0 Å². The van der Waals surface area contributed by atoms with E-state index in [1.165, 1.54) is 12.8 Å². The zero-order chi connectivity index (χ0) is 11.4. The molecule has 0 aromatic carbocycles. The van der Waals surface area contributed by atoms with Gasteiger partial charge in [0.2, 0.25) is 0 Å². The number of ether oxygens (including phenoxy) is 1. The third kappa shape index (κ3) is 2.94. The summed E-state index contributed by atoms with van der Waals surface area (Å²) in [6.07, 6.45) is 2.34. The van der Waals surface area contributed by atoms with Crippen molar-refractivity contribution >= 4 is 5.97 Å². The first-order valence-corrected chi connectivity index (χ1v) is 6.05. The lowest BCUT2D eigenvalue weighted by Gasteiger charge is -2.03. The van der Waals surface area contributed by atoms with Crippen LogP contribution in [-0.2, 0) is 9.53 Å². The van der Waals surface area contributed by atoms with Crippen LogP contribution in [0.3, 0.4) is 0 Å². The number of nitrogens with zero attached hydrogens (tertiary/aromatic N) is 1. The van der Waals surface area contributed by atoms with Crippen LogP contribution >= 0.6 is 0 Å². The molecule has 15 heavy (non-hydrogen) atoms. The summed E-state index contributed by atoms with van der Waals surface area (Å²) in [4.78, 5) is 13.9. The standard InChI is InChI=1S/C12H23NO2/c1-5-7-8-13-10(9(3)4)11(13)12(14)15-6-2/h9-11H,5-8H2,1-4H3. The van der Waals surface area contributed by atoms with Gasteiger partial charge in [0, 0.05) is 6.04 Å². The Hall–Kier alpha value is -0.570. The Labute approximate surface area is 92.8 Å². The fourth-order valence-corrected chi connectivity index (χ4v) is 2.18. The SMILES string of the molecule is CCCCN1C(C(=O)OCC)C1C(C)C. The smallest absolute Gasteiger partial charge is 0.325 e. The molecule has 0 amide bonds. The van der Waals surface area contributed by atoms with E-state index in [0.29, 0.717) is 18.6 Å². The van der Waals surface area contributed by atoms with E-state index in [9.17, 15) is 4.79 Å². The lowest BCUT2D eigenvalue weighted by molar-refractivity contribution is -0.143. The normalized spacial score (nSPS) is 29.3. The van der Waals surface area contributed by atoms with Gasteiger partial charge in [0.15, 0.2) is 0 Å². The Bertz CT molecular complexity index is 216. The monoisotopic (exact) mass is 213 g/mol. The molecule has 0 aliphatic carbocycles. The van der Waals surface area contributed by atoms with Crippen molar-refractivity contribution in [1.82, 2.24) is 4.90 Å². The fraction of sp³-hybridized carbons (Fsp3) is 0.917. The third-order valence-electron chi connectivity index (χ3n) is 2.96. The van der Waals surface area contributed by atoms with Gasteiger partial charge in [-0.1, -0.05) is 27.2 Å². The van der Waals surface area contributed by atoms with E-state index in [-0.39, 0.29) is 12.0 Å². The number of unbranched alkanes of at least 4 members (excludes halogenated alkanes) is 1. The van der Waals surface area contributed by atoms with Gasteiger partial charge in [0.05, 0.1) is 6.61 Å². The molecular formula is C12H23NO2. The lowest BCUT2D eigenvalue weighted by Crippen LogP contribution is -2.17. The van der Waals surface area contributed by atoms with Gasteiger partial charge in [-0.3, -0.25) is 9.69 Å². The molecule has 1 saturated heterocycles. The number of hydrogen-bond donors (Lipinski definition) is 0. The predicted molar refractivity (Wildman–Crippen MR) is 60.7 cm³/mol. The molecule has 1 aliphatic heterocycles. The number of esters is 1. The maximum atomic E-state index is 11.6. The molecule has 3 heteroatoms. The van der Waals surface area contributed by atoms with Gasteiger partial charge in [0.25, 0.3) is 0 Å². The van der Waals surface area contributed by atoms with Gasteiger partial charge in [0.1, 0.15) is 6.04 Å². The molecule has 88 valence electrons. The first kappa shape index (κ1) is 12.5. The van der Waals surface area contributed by atoms with Gasteiger partial charge in [-0.25, -0.2) is 0 Å². The molecule has 1 aliphatic rings. The summed E-state index contributed by atoms with van der Waals surface area (Å²) in [5, 5.41) is 0. The van der Waals surface area contributed by atoms with Crippen LogP contribution < -0.4 is 0 Å². The topological polar surface area (TPSA) is 29.3 Å². The molecule has 3 unspecified atom stereocenters. The minimum Gasteiger partial charge on any atom is -0.465 e. The molecule has 0 N–H and O–H groups in total. The van der Waals surface area contributed by atoms with Crippen molar-refractivity contribution in [3.05, 3.63) is 0 Å². The van der Waals surface area contributed by atoms with Gasteiger partial charge in [-0.15, -0.1) is 0 Å². The number of rotatable bonds is 6. The van der Waals surface area contributed by atoms with Crippen molar-refractivity contribution in [3.63, 3.8) is 0 Å². The number of carbonyl (C=O) groups excluding carboxylic acids is 1. The summed E-state index contributed by atoms with van der Waals surface area (Å²) in [5.74, 6) is 0.503. The Morgan fingerprint density at radius 2 is 2.07 bits per heavy atom. The van der Waals surface area contributed by atoms with Crippen LogP contribution in [0.25, 0.3) is 0 Å². The highest BCUT2D eigenvalue weighted by molar-refractivity contribution is 5.80. The molecule has 3 atom stereocenters. The number of carbonyl (C=O) groups is 1. The zero-order valence-electron chi connectivity index (χ0n) is 10.3. The van der Waals surface area contributed by atoms with Crippen LogP contribution in [0.1, 0.15) is 40.5 Å². The average Bonchev–Trinajstić information content (AvgIpc) is 2.89. The minimum absolute atomic E-state index is 0.0349. The summed E-state index contributed by atoms with van der Waals surface area (Å²) in [6, 6.07) is 0.451. The summed E-state index contributed by atoms with van der Waals surface area (Å²) < 4.78 is 5.08. The van der Waals surface area contributed by atoms with E-state index in [0.717, 1.165) is 6.54 Å². The van der Waals surface area contributed by atoms with Crippen molar-refractivity contribution in [2.24, 2.45) is 5.92 Å². The van der Waals surface area contributed by atoms with E-state index in [4.69, 9.17) is 4.74 Å². The van der Waals surface area contributed by atoms with Crippen molar-refractivity contribution in [3.8, 4) is 0 Å². The van der Waals surface area contributed by atoms with E-state index in [1.807, 2.05) is 6.92 Å². The number of hydrogen-bond acceptors (Lipinski definition) is 3. The quantitative estimate of drug-likeness (QED) is 0.499. The largest absolute Gasteiger partial charge is 0.465 e. The van der Waals surface area contributed by atoms with Crippen molar-refractivity contribution in [2.75, 3.05) is 13.2 Å². The molecule has 3 nitrogen and oxygen atoms in total.